The van der Waals surface area contributed by atoms with Crippen molar-refractivity contribution in [1.82, 2.24) is 9.90 Å². The van der Waals surface area contributed by atoms with Gasteiger partial charge in [-0.05, 0) is 24.3 Å². The number of esters is 2. The van der Waals surface area contributed by atoms with E-state index in [1.165, 1.54) is 24.3 Å². The number of hydrogen-bond donors (Lipinski definition) is 0. The average Bonchev–Trinajstić information content (AvgIpc) is 3.08. The Balaban J connectivity index is 0.000000638. The van der Waals surface area contributed by atoms with Gasteiger partial charge < -0.3 is 9.47 Å². The maximum atomic E-state index is 12.7. The van der Waals surface area contributed by atoms with Crippen LogP contribution in [0.4, 0.5) is 0 Å². The summed E-state index contributed by atoms with van der Waals surface area (Å²) in [6.45, 7) is 0. The summed E-state index contributed by atoms with van der Waals surface area (Å²) in [4.78, 5) is 25.4. The molecule has 0 amide bonds. The molecule has 1 heterocycles. The van der Waals surface area contributed by atoms with Gasteiger partial charge in [0.1, 0.15) is 5.21 Å². The summed E-state index contributed by atoms with van der Waals surface area (Å²) in [6, 6.07) is 5.55. The number of hydrogen-bond acceptors (Lipinski definition) is 5. The molecule has 3 rings (SSSR count). The Morgan fingerprint density at radius 1 is 0.737 bits per heavy atom. The molecule has 0 bridgehead atoms. The van der Waals surface area contributed by atoms with E-state index in [1.807, 2.05) is 0 Å². The fourth-order valence-corrected chi connectivity index (χ4v) is 4.68. The predicted molar refractivity (Wildman–Crippen MR) is 159 cm³/mol. The van der Waals surface area contributed by atoms with Crippen LogP contribution in [-0.2, 0) is 9.47 Å². The van der Waals surface area contributed by atoms with Gasteiger partial charge in [-0.1, -0.05) is 79.0 Å². The maximum absolute atomic E-state index is 12.7. The summed E-state index contributed by atoms with van der Waals surface area (Å²) in [7, 11) is 27.2. The molecule has 0 aliphatic carbocycles. The standard InChI is InChI=1S/C18H10Cl6N3O4.6ClH.Sb/c1-30-17(28)15-16(18(29)31-2)27(14-11(23)5-8(20)6-12(14)24)25-26(15)13-9(21)3-7(19)4-10(13)22;;;;;;;/h3-6H,1-2H3;6*1H;/q+1;;;;;;;+5/p-6. The summed E-state index contributed by atoms with van der Waals surface area (Å²) in [5.74, 6) is -1.87. The third kappa shape index (κ3) is 9.97. The molecule has 3 aromatic rings. The summed E-state index contributed by atoms with van der Waals surface area (Å²) >= 11 is 37.2. The normalized spacial score (nSPS) is 13.1. The Bertz CT molecular complexity index is 1290. The van der Waals surface area contributed by atoms with Gasteiger partial charge in [-0.15, -0.1) is 0 Å². The average molecular weight is 879 g/mol. The molecule has 0 fully saturated rings. The molecule has 0 saturated heterocycles. The van der Waals surface area contributed by atoms with Gasteiger partial charge in [-0.3, -0.25) is 0 Å². The van der Waals surface area contributed by atoms with Crippen molar-refractivity contribution in [2.24, 2.45) is 0 Å². The van der Waals surface area contributed by atoms with Gasteiger partial charge in [0.05, 0.1) is 34.3 Å². The van der Waals surface area contributed by atoms with Crippen LogP contribution in [0.3, 0.4) is 0 Å². The Kier molecular flexibility index (Phi) is 11.2. The van der Waals surface area contributed by atoms with Gasteiger partial charge in [0.2, 0.25) is 0 Å². The van der Waals surface area contributed by atoms with Crippen molar-refractivity contribution in [3.05, 3.63) is 65.8 Å². The van der Waals surface area contributed by atoms with Crippen molar-refractivity contribution in [1.29, 1.82) is 0 Å². The third-order valence-electron chi connectivity index (χ3n) is 3.97. The van der Waals surface area contributed by atoms with E-state index >= 15 is 0 Å². The van der Waals surface area contributed by atoms with Crippen molar-refractivity contribution in [2.75, 3.05) is 14.2 Å². The SMILES string of the molecule is COC(=O)c1c(C(=O)OC)[n+](-c2c(Cl)cc(Cl)cc2Cl)nn1-c1c(Cl)cc(Cl)cc1Cl.[Cl][Sb-]([Cl])([Cl])([Cl])([Cl])[Cl]. The summed E-state index contributed by atoms with van der Waals surface area (Å²) in [5.41, 5.74) is -0.582. The molecule has 20 heteroatoms. The summed E-state index contributed by atoms with van der Waals surface area (Å²) in [5, 5.41) is 4.96. The molecule has 1 aromatic heterocycles. The molecule has 210 valence electrons. The van der Waals surface area contributed by atoms with Crippen LogP contribution in [0.25, 0.3) is 11.4 Å². The van der Waals surface area contributed by atoms with Crippen LogP contribution in [0.1, 0.15) is 21.0 Å². The van der Waals surface area contributed by atoms with E-state index in [4.69, 9.17) is 132 Å². The third-order valence-corrected chi connectivity index (χ3v) is 5.56. The predicted octanol–water partition coefficient (Wildman–Crippen LogP) is 9.40. The van der Waals surface area contributed by atoms with Gasteiger partial charge in [-0.2, -0.15) is 0 Å². The second-order valence-electron chi connectivity index (χ2n) is 6.79. The first-order valence-electron chi connectivity index (χ1n) is 9.13. The number of carbonyl (C=O) groups excluding carboxylic acids is 2. The van der Waals surface area contributed by atoms with E-state index in [1.54, 1.807) is 0 Å². The second-order valence-corrected chi connectivity index (χ2v) is 66.2. The minimum atomic E-state index is -5.42. The van der Waals surface area contributed by atoms with Gasteiger partial charge >= 0.3 is 74.1 Å². The fraction of sp³-hybridized carbons (Fsp3) is 0.111. The molecule has 0 N–H and O–H groups in total. The Labute approximate surface area is 265 Å². The van der Waals surface area contributed by atoms with Gasteiger partial charge in [-0.25, -0.2) is 9.59 Å². The molecule has 0 saturated carbocycles. The van der Waals surface area contributed by atoms with Gasteiger partial charge in [0.15, 0.2) is 11.4 Å². The molecule has 38 heavy (non-hydrogen) atoms. The Hall–Kier alpha value is 0.818. The second kappa shape index (κ2) is 12.2. The number of halogens is 12. The summed E-state index contributed by atoms with van der Waals surface area (Å²) < 4.78 is 11.7. The number of aromatic nitrogens is 3. The molecule has 0 unspecified atom stereocenters. The van der Waals surface area contributed by atoms with Crippen LogP contribution in [0.15, 0.2) is 24.3 Å². The molecule has 0 aliphatic rings. The molecular weight excluding hydrogens is 869 g/mol. The number of carbonyl (C=O) groups is 2. The molecular formula is C18H10Cl12N3O4Sb. The molecule has 7 nitrogen and oxygen atoms in total. The Morgan fingerprint density at radius 3 is 1.47 bits per heavy atom. The van der Waals surface area contributed by atoms with E-state index in [0.29, 0.717) is 0 Å². The van der Waals surface area contributed by atoms with Crippen molar-refractivity contribution in [2.45, 2.75) is 0 Å². The van der Waals surface area contributed by atoms with Gasteiger partial charge in [0, 0.05) is 10.0 Å². The molecule has 0 spiro atoms. The zero-order valence-corrected chi connectivity index (χ0v) is 29.9. The van der Waals surface area contributed by atoms with E-state index < -0.39 is 21.1 Å². The first kappa shape index (κ1) is 35.0. The van der Waals surface area contributed by atoms with Crippen LogP contribution >= 0.6 is 123 Å². The van der Waals surface area contributed by atoms with E-state index in [-0.39, 0.29) is 52.9 Å². The van der Waals surface area contributed by atoms with E-state index in [2.05, 4.69) is 5.21 Å². The van der Waals surface area contributed by atoms with E-state index in [0.717, 1.165) is 23.6 Å². The molecule has 2 aromatic carbocycles. The quantitative estimate of drug-likeness (QED) is 0.149. The number of methoxy groups -OCH3 is 2. The van der Waals surface area contributed by atoms with Crippen LogP contribution in [0.2, 0.25) is 30.1 Å². The number of ether oxygens (including phenoxy) is 2. The zero-order valence-electron chi connectivity index (χ0n) is 18.3. The zero-order chi connectivity index (χ0) is 29.4. The van der Waals surface area contributed by atoms with Gasteiger partial charge in [0.25, 0.3) is 11.4 Å². The van der Waals surface area contributed by atoms with Crippen LogP contribution < -0.4 is 4.68 Å². The monoisotopic (exact) mass is 873 g/mol. The number of rotatable bonds is 4. The van der Waals surface area contributed by atoms with Crippen LogP contribution in [0, 0.1) is 0 Å². The van der Waals surface area contributed by atoms with Crippen LogP contribution in [0.5, 0.6) is 0 Å². The molecule has 0 aliphatic heterocycles. The Morgan fingerprint density at radius 2 is 1.11 bits per heavy atom. The van der Waals surface area contributed by atoms with Crippen molar-refractivity contribution >= 4 is 144 Å². The first-order chi connectivity index (χ1) is 17.0. The minimum absolute atomic E-state index is 0.0435. The summed E-state index contributed by atoms with van der Waals surface area (Å²) in [6.07, 6.45) is 0. The van der Waals surface area contributed by atoms with Crippen molar-refractivity contribution in [3.8, 4) is 11.4 Å². The van der Waals surface area contributed by atoms with Crippen molar-refractivity contribution in [3.63, 3.8) is 0 Å². The van der Waals surface area contributed by atoms with E-state index in [9.17, 15) is 9.59 Å². The fourth-order valence-electron chi connectivity index (χ4n) is 2.73. The first-order valence-corrected chi connectivity index (χ1v) is 30.8. The number of nitrogens with zero attached hydrogens (tertiary/aromatic N) is 3. The topological polar surface area (TPSA) is 74.3 Å². The number of benzene rings is 2. The van der Waals surface area contributed by atoms with Crippen LogP contribution in [-0.4, -0.2) is 45.2 Å². The van der Waals surface area contributed by atoms with Crippen molar-refractivity contribution < 1.29 is 23.7 Å². The molecule has 0 atom stereocenters. The molecule has 0 radical (unpaired) electrons.